The maximum Gasteiger partial charge on any atom is 0.466 e. The molecule has 1 amide bonds. The summed E-state index contributed by atoms with van der Waals surface area (Å²) in [5, 5.41) is -10.0. The van der Waals surface area contributed by atoms with Gasteiger partial charge in [0, 0.05) is 37.0 Å². The van der Waals surface area contributed by atoms with E-state index in [0.717, 1.165) is 19.4 Å². The van der Waals surface area contributed by atoms with Crippen LogP contribution in [0.3, 0.4) is 0 Å². The first kappa shape index (κ1) is 64.8. The smallest absolute Gasteiger partial charge is 0.466 e. The molecule has 1 N–H and O–H groups in total. The molecule has 0 aliphatic rings. The number of carbonyl (C=O) groups is 4. The van der Waals surface area contributed by atoms with E-state index >= 15 is 0 Å². The van der Waals surface area contributed by atoms with Gasteiger partial charge in [0.15, 0.2) is 20.2 Å². The number of halogens is 14. The second-order valence-electron chi connectivity index (χ2n) is 15.3. The molecule has 0 aromatic heterocycles. The minimum atomic E-state index is -6.74. The molecule has 15 nitrogen and oxygen atoms in total. The number of alkyl halides is 14. The number of aryl methyl sites for hydroxylation is 1. The van der Waals surface area contributed by atoms with Gasteiger partial charge >= 0.3 is 64.1 Å². The van der Waals surface area contributed by atoms with Crippen molar-refractivity contribution in [3.05, 3.63) is 95.6 Å². The molecule has 31 heteroatoms. The van der Waals surface area contributed by atoms with Crippen LogP contribution in [-0.2, 0) is 71.3 Å². The topological polar surface area (TPSA) is 232 Å². The molecule has 2 rings (SSSR count). The van der Waals surface area contributed by atoms with Gasteiger partial charge in [-0.1, -0.05) is 73.3 Å². The van der Waals surface area contributed by atoms with Crippen LogP contribution in [0.15, 0.2) is 78.9 Å². The van der Waals surface area contributed by atoms with E-state index in [2.05, 4.69) is 32.1 Å². The average Bonchev–Trinajstić information content (AvgIpc) is 3.23. The fourth-order valence-electron chi connectivity index (χ4n) is 5.20. The standard InChI is InChI=1S/C21H23F7O7S.C20H22F7NO7S/c1-13(2)17(30)35-19(20(24,25)26,16(29)12-15-8-6-14(3)7-9-15)34-11-5-4-10-18(22,23)21(27,28)36(31,32)33;1-13(2)15(29)35-18(19(23,24)25,16(30)28-12-14-8-4-3-5-9-14)34-11-7-6-10-17(21,22)20(26,27)36(31,32)33/h6-9H,1,4-5,10-12H2,2-3H3,(H,31,32,33);3-5,8-9H,1,6-7,10-12H2,2H3,(H,28,30)(H,31,32,33)/p-2. The lowest BCUT2D eigenvalue weighted by atomic mass is 10.0. The molecule has 0 radical (unpaired) electrons. The third kappa shape index (κ3) is 16.6. The SMILES string of the molecule is C=C(C)C(=O)OC(OCCCCC(F)(F)C(F)(F)S(=O)(=O)[O-])(C(=O)Cc1ccc(C)cc1)C(F)(F)F.C=C(C)C(=O)OC(OCCCCC(F)(F)C(F)(F)S(=O)(=O)[O-])(C(=O)NCc1ccccc1)C(F)(F)F. The summed E-state index contributed by atoms with van der Waals surface area (Å²) >= 11 is 0. The molecule has 2 aromatic carbocycles. The number of hydrogen-bond donors (Lipinski definition) is 1. The minimum absolute atomic E-state index is 0.0925. The molecule has 0 bridgehead atoms. The summed E-state index contributed by atoms with van der Waals surface area (Å²) in [6.07, 6.45) is -19.9. The number of hydrogen-bond acceptors (Lipinski definition) is 14. The van der Waals surface area contributed by atoms with Gasteiger partial charge in [-0.05, 0) is 57.6 Å². The maximum atomic E-state index is 14.0. The van der Waals surface area contributed by atoms with Crippen molar-refractivity contribution < 1.29 is 126 Å². The second-order valence-corrected chi connectivity index (χ2v) is 18.1. The number of ether oxygens (including phenoxy) is 4. The summed E-state index contributed by atoms with van der Waals surface area (Å²) in [5.74, 6) is -26.2. The highest BCUT2D eigenvalue weighted by Gasteiger charge is 2.67. The van der Waals surface area contributed by atoms with Gasteiger partial charge in [-0.25, -0.2) is 26.4 Å². The molecule has 2 unspecified atom stereocenters. The second kappa shape index (κ2) is 24.7. The number of benzene rings is 2. The number of unbranched alkanes of at least 4 members (excludes halogenated alkanes) is 2. The molecule has 0 aliphatic heterocycles. The van der Waals surface area contributed by atoms with E-state index in [0.29, 0.717) is 5.56 Å². The van der Waals surface area contributed by atoms with Gasteiger partial charge in [0.25, 0.3) is 0 Å². The molecule has 0 aliphatic carbocycles. The highest BCUT2D eigenvalue weighted by molar-refractivity contribution is 7.87. The van der Waals surface area contributed by atoms with E-state index in [1.165, 1.54) is 48.5 Å². The Kier molecular flexibility index (Phi) is 22.2. The molecule has 0 heterocycles. The van der Waals surface area contributed by atoms with Crippen molar-refractivity contribution >= 4 is 43.9 Å². The molecule has 0 saturated carbocycles. The van der Waals surface area contributed by atoms with Crippen LogP contribution < -0.4 is 5.32 Å². The Morgan fingerprint density at radius 3 is 1.31 bits per heavy atom. The fourth-order valence-corrected chi connectivity index (χ4v) is 6.13. The van der Waals surface area contributed by atoms with Crippen LogP contribution in [0, 0.1) is 6.92 Å². The first-order valence-electron chi connectivity index (χ1n) is 20.0. The highest BCUT2D eigenvalue weighted by atomic mass is 32.2. The van der Waals surface area contributed by atoms with Crippen LogP contribution in [0.5, 0.6) is 0 Å². The van der Waals surface area contributed by atoms with E-state index in [1.54, 1.807) is 13.0 Å². The summed E-state index contributed by atoms with van der Waals surface area (Å²) in [6.45, 7) is 6.95. The molecular weight excluding hydrogens is 1060 g/mol. The zero-order valence-corrected chi connectivity index (χ0v) is 39.1. The van der Waals surface area contributed by atoms with Crippen molar-refractivity contribution in [1.82, 2.24) is 5.32 Å². The number of ketones is 1. The van der Waals surface area contributed by atoms with E-state index in [4.69, 9.17) is 0 Å². The summed E-state index contributed by atoms with van der Waals surface area (Å²) < 4.78 is 271. The van der Waals surface area contributed by atoms with Crippen molar-refractivity contribution in [3.8, 4) is 0 Å². The van der Waals surface area contributed by atoms with Crippen molar-refractivity contribution in [1.29, 1.82) is 0 Å². The Labute approximate surface area is 401 Å². The third-order valence-electron chi connectivity index (χ3n) is 9.22. The average molecular weight is 1100 g/mol. The van der Waals surface area contributed by atoms with Crippen molar-refractivity contribution in [2.75, 3.05) is 13.2 Å². The normalized spacial score (nSPS) is 14.7. The Bertz CT molecular complexity index is 2450. The number of rotatable bonds is 26. The lowest BCUT2D eigenvalue weighted by molar-refractivity contribution is -0.347. The molecule has 0 fully saturated rings. The number of Topliss-reactive ketones (excluding diaryl/α,β-unsaturated/α-hetero) is 1. The Balaban J connectivity index is 0.000000720. The minimum Gasteiger partial charge on any atom is -0.743 e. The predicted molar refractivity (Wildman–Crippen MR) is 216 cm³/mol. The van der Waals surface area contributed by atoms with Crippen molar-refractivity contribution in [2.24, 2.45) is 0 Å². The first-order valence-corrected chi connectivity index (χ1v) is 22.8. The summed E-state index contributed by atoms with van der Waals surface area (Å²) in [6, 6.07) is 13.2. The fraction of sp³-hybridized carbons (Fsp3) is 0.512. The maximum absolute atomic E-state index is 14.0. The van der Waals surface area contributed by atoms with Gasteiger partial charge in [-0.2, -0.15) is 61.5 Å². The van der Waals surface area contributed by atoms with Gasteiger partial charge in [-0.3, -0.25) is 9.59 Å². The Morgan fingerprint density at radius 2 is 0.944 bits per heavy atom. The lowest BCUT2D eigenvalue weighted by Crippen LogP contribution is -2.61. The number of amides is 1. The molecule has 72 heavy (non-hydrogen) atoms. The quantitative estimate of drug-likeness (QED) is 0.0234. The lowest BCUT2D eigenvalue weighted by Gasteiger charge is -2.33. The van der Waals surface area contributed by atoms with E-state index in [1.807, 2.05) is 5.32 Å². The highest BCUT2D eigenvalue weighted by Crippen LogP contribution is 2.44. The van der Waals surface area contributed by atoms with Crippen molar-refractivity contribution in [2.45, 2.75) is 119 Å². The van der Waals surface area contributed by atoms with Crippen LogP contribution in [0.4, 0.5) is 61.5 Å². The summed E-state index contributed by atoms with van der Waals surface area (Å²) in [5.41, 5.74) is 0.0878. The van der Waals surface area contributed by atoms with Crippen LogP contribution >= 0.6 is 0 Å². The van der Waals surface area contributed by atoms with E-state index < -0.39 is 166 Å². The van der Waals surface area contributed by atoms with Crippen molar-refractivity contribution in [3.63, 3.8) is 0 Å². The number of carbonyl (C=O) groups excluding carboxylic acids is 4. The number of esters is 2. The van der Waals surface area contributed by atoms with E-state index in [-0.39, 0.29) is 5.56 Å². The van der Waals surface area contributed by atoms with Gasteiger partial charge < -0.3 is 33.4 Å². The first-order chi connectivity index (χ1) is 32.5. The third-order valence-corrected chi connectivity index (χ3v) is 11.1. The Morgan fingerprint density at radius 1 is 0.569 bits per heavy atom. The summed E-state index contributed by atoms with van der Waals surface area (Å²) in [7, 11) is -13.5. The molecule has 0 saturated heterocycles. The van der Waals surface area contributed by atoms with Crippen LogP contribution in [0.25, 0.3) is 0 Å². The van der Waals surface area contributed by atoms with Gasteiger partial charge in [0.05, 0.1) is 13.2 Å². The molecule has 2 atom stereocenters. The molecule has 2 aromatic rings. The Hall–Kier alpha value is -5.24. The zero-order chi connectivity index (χ0) is 56.2. The molecule has 408 valence electrons. The van der Waals surface area contributed by atoms with Gasteiger partial charge in [-0.15, -0.1) is 0 Å². The van der Waals surface area contributed by atoms with Gasteiger partial charge in [0.1, 0.15) is 0 Å². The van der Waals surface area contributed by atoms with E-state index in [9.17, 15) is 107 Å². The number of nitrogens with one attached hydrogen (secondary N) is 1. The van der Waals surface area contributed by atoms with Crippen LogP contribution in [0.1, 0.15) is 69.1 Å². The van der Waals surface area contributed by atoms with Gasteiger partial charge in [0.2, 0.25) is 5.78 Å². The zero-order valence-electron chi connectivity index (χ0n) is 37.5. The summed E-state index contributed by atoms with van der Waals surface area (Å²) in [4.78, 5) is 49.0. The predicted octanol–water partition coefficient (Wildman–Crippen LogP) is 8.09. The van der Waals surface area contributed by atoms with Crippen LogP contribution in [-0.4, -0.2) is 109 Å². The molecule has 0 spiro atoms. The monoisotopic (exact) mass is 1100 g/mol. The van der Waals surface area contributed by atoms with Crippen LogP contribution in [0.2, 0.25) is 0 Å². The molecular formula is C41H43F14NO14S2-2. The largest absolute Gasteiger partial charge is 0.743 e.